The molecule has 0 aliphatic carbocycles. The van der Waals surface area contributed by atoms with E-state index in [1.165, 1.54) is 0 Å². The van der Waals surface area contributed by atoms with E-state index < -0.39 is 12.1 Å². The van der Waals surface area contributed by atoms with Gasteiger partial charge in [-0.1, -0.05) is 19.9 Å². The molecule has 0 amide bonds. The van der Waals surface area contributed by atoms with Crippen molar-refractivity contribution in [3.63, 3.8) is 0 Å². The first-order valence-electron chi connectivity index (χ1n) is 6.83. The van der Waals surface area contributed by atoms with Crippen LogP contribution in [0, 0.1) is 0 Å². The molecular weight excluding hydrogens is 260 g/mol. The molecule has 2 rings (SSSR count). The first-order valence-corrected chi connectivity index (χ1v) is 6.83. The molecule has 1 atom stereocenters. The molecule has 0 radical (unpaired) electrons. The zero-order valence-corrected chi connectivity index (χ0v) is 12.0. The summed E-state index contributed by atoms with van der Waals surface area (Å²) in [5.74, 6) is 0.712. The van der Waals surface area contributed by atoms with E-state index in [2.05, 4.69) is 0 Å². The predicted octanol–water partition coefficient (Wildman–Crippen LogP) is 2.18. The van der Waals surface area contributed by atoms with Crippen molar-refractivity contribution in [2.24, 2.45) is 0 Å². The predicted molar refractivity (Wildman–Crippen MR) is 73.1 cm³/mol. The van der Waals surface area contributed by atoms with E-state index in [4.69, 9.17) is 14.2 Å². The number of esters is 1. The summed E-state index contributed by atoms with van der Waals surface area (Å²) < 4.78 is 16.1. The van der Waals surface area contributed by atoms with E-state index in [-0.39, 0.29) is 12.5 Å². The summed E-state index contributed by atoms with van der Waals surface area (Å²) in [5, 5.41) is 10.2. The molecule has 1 aromatic carbocycles. The van der Waals surface area contributed by atoms with Crippen molar-refractivity contribution in [2.45, 2.75) is 32.8 Å². The van der Waals surface area contributed by atoms with Gasteiger partial charge in [0, 0.05) is 5.56 Å². The van der Waals surface area contributed by atoms with Crippen molar-refractivity contribution in [3.8, 4) is 11.5 Å². The van der Waals surface area contributed by atoms with Gasteiger partial charge in [-0.3, -0.25) is 0 Å². The van der Waals surface area contributed by atoms with Crippen molar-refractivity contribution < 1.29 is 24.1 Å². The molecule has 0 fully saturated rings. The van der Waals surface area contributed by atoms with E-state index in [1.54, 1.807) is 19.1 Å². The van der Waals surface area contributed by atoms with Gasteiger partial charge in [0.1, 0.15) is 13.2 Å². The number of ether oxygens (including phenoxy) is 3. The lowest BCUT2D eigenvalue weighted by Crippen LogP contribution is -2.21. The number of rotatable bonds is 4. The minimum absolute atomic E-state index is 0.0886. The summed E-state index contributed by atoms with van der Waals surface area (Å²) in [5.41, 5.74) is 1.31. The van der Waals surface area contributed by atoms with Crippen LogP contribution in [0.1, 0.15) is 43.9 Å². The quantitative estimate of drug-likeness (QED) is 0.856. The molecule has 20 heavy (non-hydrogen) atoms. The maximum atomic E-state index is 11.7. The Morgan fingerprint density at radius 2 is 2.05 bits per heavy atom. The summed E-state index contributed by atoms with van der Waals surface area (Å²) in [7, 11) is 0. The van der Waals surface area contributed by atoms with Gasteiger partial charge < -0.3 is 19.3 Å². The van der Waals surface area contributed by atoms with Crippen molar-refractivity contribution in [2.75, 3.05) is 19.8 Å². The SMILES string of the molecule is CCOC(=O)C(O)c1ccc2c(c1C(C)C)OCCO2. The minimum Gasteiger partial charge on any atom is -0.486 e. The summed E-state index contributed by atoms with van der Waals surface area (Å²) in [4.78, 5) is 11.7. The Kier molecular flexibility index (Phi) is 4.49. The third-order valence-electron chi connectivity index (χ3n) is 3.16. The molecule has 5 heteroatoms. The molecule has 1 aliphatic rings. The van der Waals surface area contributed by atoms with Crippen LogP contribution in [0.3, 0.4) is 0 Å². The van der Waals surface area contributed by atoms with Crippen molar-refractivity contribution >= 4 is 5.97 Å². The average molecular weight is 280 g/mol. The van der Waals surface area contributed by atoms with E-state index in [9.17, 15) is 9.90 Å². The maximum absolute atomic E-state index is 11.7. The first-order chi connectivity index (χ1) is 9.56. The number of hydrogen-bond acceptors (Lipinski definition) is 5. The number of aliphatic hydroxyl groups is 1. The van der Waals surface area contributed by atoms with E-state index in [1.807, 2.05) is 13.8 Å². The van der Waals surface area contributed by atoms with E-state index >= 15 is 0 Å². The van der Waals surface area contributed by atoms with Gasteiger partial charge in [-0.2, -0.15) is 0 Å². The van der Waals surface area contributed by atoms with Crippen molar-refractivity contribution in [1.82, 2.24) is 0 Å². The molecule has 0 spiro atoms. The second-order valence-electron chi connectivity index (χ2n) is 4.90. The molecule has 1 aliphatic heterocycles. The van der Waals surface area contributed by atoms with Crippen LogP contribution in [-0.2, 0) is 9.53 Å². The van der Waals surface area contributed by atoms with Crippen molar-refractivity contribution in [3.05, 3.63) is 23.3 Å². The number of aliphatic hydroxyl groups excluding tert-OH is 1. The van der Waals surface area contributed by atoms with Crippen LogP contribution in [0.15, 0.2) is 12.1 Å². The fraction of sp³-hybridized carbons (Fsp3) is 0.533. The molecule has 1 unspecified atom stereocenters. The number of benzene rings is 1. The zero-order chi connectivity index (χ0) is 14.7. The average Bonchev–Trinajstić information content (AvgIpc) is 2.45. The molecular formula is C15H20O5. The largest absolute Gasteiger partial charge is 0.486 e. The Hall–Kier alpha value is -1.75. The smallest absolute Gasteiger partial charge is 0.339 e. The molecule has 0 saturated carbocycles. The van der Waals surface area contributed by atoms with Crippen LogP contribution < -0.4 is 9.47 Å². The highest BCUT2D eigenvalue weighted by atomic mass is 16.6. The number of hydrogen-bond donors (Lipinski definition) is 1. The lowest BCUT2D eigenvalue weighted by atomic mass is 9.92. The highest BCUT2D eigenvalue weighted by Gasteiger charge is 2.28. The van der Waals surface area contributed by atoms with Crippen LogP contribution in [-0.4, -0.2) is 30.9 Å². The van der Waals surface area contributed by atoms with E-state index in [0.29, 0.717) is 30.3 Å². The third kappa shape index (κ3) is 2.72. The molecule has 1 N–H and O–H groups in total. The van der Waals surface area contributed by atoms with Gasteiger partial charge in [-0.25, -0.2) is 4.79 Å². The van der Waals surface area contributed by atoms with Gasteiger partial charge in [-0.15, -0.1) is 0 Å². The Morgan fingerprint density at radius 3 is 2.70 bits per heavy atom. The normalized spacial score (nSPS) is 15.1. The Morgan fingerprint density at radius 1 is 1.35 bits per heavy atom. The van der Waals surface area contributed by atoms with E-state index in [0.717, 1.165) is 5.56 Å². The van der Waals surface area contributed by atoms with Gasteiger partial charge >= 0.3 is 5.97 Å². The molecule has 1 heterocycles. The van der Waals surface area contributed by atoms with Gasteiger partial charge in [0.15, 0.2) is 17.6 Å². The number of carbonyl (C=O) groups excluding carboxylic acids is 1. The van der Waals surface area contributed by atoms with Crippen molar-refractivity contribution in [1.29, 1.82) is 0 Å². The van der Waals surface area contributed by atoms with Crippen LogP contribution in [0.5, 0.6) is 11.5 Å². The fourth-order valence-electron chi connectivity index (χ4n) is 2.33. The molecule has 5 nitrogen and oxygen atoms in total. The first kappa shape index (κ1) is 14.7. The standard InChI is InChI=1S/C15H20O5/c1-4-18-15(17)13(16)10-5-6-11-14(12(10)9(2)3)20-8-7-19-11/h5-6,9,13,16H,4,7-8H2,1-3H3. The molecule has 110 valence electrons. The zero-order valence-electron chi connectivity index (χ0n) is 12.0. The molecule has 0 aromatic heterocycles. The molecule has 1 aromatic rings. The summed E-state index contributed by atoms with van der Waals surface area (Å²) >= 11 is 0. The second-order valence-corrected chi connectivity index (χ2v) is 4.90. The number of fused-ring (bicyclic) bond motifs is 1. The monoisotopic (exact) mass is 280 g/mol. The van der Waals surface area contributed by atoms with Gasteiger partial charge in [0.05, 0.1) is 6.61 Å². The summed E-state index contributed by atoms with van der Waals surface area (Å²) in [6.07, 6.45) is -1.30. The second kappa shape index (κ2) is 6.13. The lowest BCUT2D eigenvalue weighted by molar-refractivity contribution is -0.153. The van der Waals surface area contributed by atoms with Crippen LogP contribution in [0.4, 0.5) is 0 Å². The highest BCUT2D eigenvalue weighted by molar-refractivity contribution is 5.77. The maximum Gasteiger partial charge on any atom is 0.339 e. The fourth-order valence-corrected chi connectivity index (χ4v) is 2.33. The Bertz CT molecular complexity index is 495. The van der Waals surface area contributed by atoms with Crippen LogP contribution >= 0.6 is 0 Å². The lowest BCUT2D eigenvalue weighted by Gasteiger charge is -2.26. The van der Waals surface area contributed by atoms with Gasteiger partial charge in [-0.05, 0) is 24.5 Å². The van der Waals surface area contributed by atoms with Gasteiger partial charge in [0.2, 0.25) is 0 Å². The van der Waals surface area contributed by atoms with Crippen LogP contribution in [0.25, 0.3) is 0 Å². The Balaban J connectivity index is 2.45. The third-order valence-corrected chi connectivity index (χ3v) is 3.16. The summed E-state index contributed by atoms with van der Waals surface area (Å²) in [6, 6.07) is 3.42. The molecule has 0 saturated heterocycles. The number of carbonyl (C=O) groups is 1. The Labute approximate surface area is 118 Å². The van der Waals surface area contributed by atoms with Crippen LogP contribution in [0.2, 0.25) is 0 Å². The van der Waals surface area contributed by atoms with Gasteiger partial charge in [0.25, 0.3) is 0 Å². The highest BCUT2D eigenvalue weighted by Crippen LogP contribution is 2.42. The topological polar surface area (TPSA) is 65.0 Å². The molecule has 0 bridgehead atoms. The minimum atomic E-state index is -1.30. The summed E-state index contributed by atoms with van der Waals surface area (Å²) in [6.45, 7) is 6.87.